The summed E-state index contributed by atoms with van der Waals surface area (Å²) in [5, 5.41) is 7.70. The smallest absolute Gasteiger partial charge is 0.0554 e. The Kier molecular flexibility index (Phi) is 2.80. The van der Waals surface area contributed by atoms with Gasteiger partial charge in [-0.3, -0.25) is 4.68 Å². The van der Waals surface area contributed by atoms with Gasteiger partial charge in [-0.25, -0.2) is 0 Å². The molecule has 1 atom stereocenters. The summed E-state index contributed by atoms with van der Waals surface area (Å²) in [4.78, 5) is 0. The van der Waals surface area contributed by atoms with E-state index in [1.165, 1.54) is 5.69 Å². The van der Waals surface area contributed by atoms with Crippen LogP contribution >= 0.6 is 0 Å². The van der Waals surface area contributed by atoms with Crippen molar-refractivity contribution in [2.45, 2.75) is 19.9 Å². The Bertz CT molecular complexity index is 330. The molecule has 1 aromatic heterocycles. The van der Waals surface area contributed by atoms with Crippen LogP contribution < -0.4 is 5.32 Å². The molecule has 2 rings (SSSR count). The predicted molar refractivity (Wildman–Crippen MR) is 58.6 cm³/mol. The minimum atomic E-state index is 0.326. The highest BCUT2D eigenvalue weighted by atomic mass is 16.5. The molecule has 15 heavy (non-hydrogen) atoms. The number of aromatic nitrogens is 2. The van der Waals surface area contributed by atoms with Crippen molar-refractivity contribution in [3.8, 4) is 0 Å². The number of ether oxygens (including phenoxy) is 1. The van der Waals surface area contributed by atoms with Gasteiger partial charge < -0.3 is 10.1 Å². The van der Waals surface area contributed by atoms with Crippen molar-refractivity contribution in [3.05, 3.63) is 18.0 Å². The third kappa shape index (κ3) is 2.21. The van der Waals surface area contributed by atoms with Crippen molar-refractivity contribution < 1.29 is 4.74 Å². The standard InChI is InChI=1S/C11H19N3O/c1-9(10-4-5-13-14(10)3)12-6-11(2)7-15-8-11/h4-5,9,12H,6-8H2,1-3H3. The Morgan fingerprint density at radius 1 is 1.67 bits per heavy atom. The summed E-state index contributed by atoms with van der Waals surface area (Å²) in [5.74, 6) is 0. The van der Waals surface area contributed by atoms with Crippen LogP contribution in [0.2, 0.25) is 0 Å². The van der Waals surface area contributed by atoms with Gasteiger partial charge in [0.2, 0.25) is 0 Å². The van der Waals surface area contributed by atoms with Crippen LogP contribution in [0, 0.1) is 5.41 Å². The summed E-state index contributed by atoms with van der Waals surface area (Å²) in [5.41, 5.74) is 1.55. The largest absolute Gasteiger partial charge is 0.380 e. The first-order valence-electron chi connectivity index (χ1n) is 5.40. The molecule has 4 nitrogen and oxygen atoms in total. The van der Waals surface area contributed by atoms with Gasteiger partial charge in [-0.05, 0) is 13.0 Å². The van der Waals surface area contributed by atoms with Gasteiger partial charge in [0.05, 0.1) is 18.9 Å². The monoisotopic (exact) mass is 209 g/mol. The van der Waals surface area contributed by atoms with E-state index < -0.39 is 0 Å². The SMILES string of the molecule is CC(NCC1(C)COC1)c1ccnn1C. The molecular weight excluding hydrogens is 190 g/mol. The van der Waals surface area contributed by atoms with Crippen LogP contribution in [0.1, 0.15) is 25.6 Å². The fourth-order valence-electron chi connectivity index (χ4n) is 1.87. The fourth-order valence-corrected chi connectivity index (χ4v) is 1.87. The second-order valence-corrected chi connectivity index (χ2v) is 4.79. The molecule has 1 aromatic rings. The summed E-state index contributed by atoms with van der Waals surface area (Å²) in [6.07, 6.45) is 1.84. The van der Waals surface area contributed by atoms with Crippen LogP contribution in [0.3, 0.4) is 0 Å². The number of nitrogens with zero attached hydrogens (tertiary/aromatic N) is 2. The van der Waals surface area contributed by atoms with Crippen molar-refractivity contribution in [1.82, 2.24) is 15.1 Å². The second kappa shape index (κ2) is 3.94. The Balaban J connectivity index is 1.87. The zero-order valence-corrected chi connectivity index (χ0v) is 9.66. The normalized spacial score (nSPS) is 21.0. The molecule has 0 aromatic carbocycles. The highest BCUT2D eigenvalue weighted by molar-refractivity contribution is 5.05. The molecule has 0 spiro atoms. The van der Waals surface area contributed by atoms with E-state index in [9.17, 15) is 0 Å². The topological polar surface area (TPSA) is 39.1 Å². The Morgan fingerprint density at radius 3 is 2.87 bits per heavy atom. The van der Waals surface area contributed by atoms with E-state index in [1.807, 2.05) is 17.9 Å². The van der Waals surface area contributed by atoms with E-state index in [1.54, 1.807) is 0 Å². The molecule has 1 N–H and O–H groups in total. The lowest BCUT2D eigenvalue weighted by atomic mass is 9.88. The van der Waals surface area contributed by atoms with E-state index in [0.717, 1.165) is 19.8 Å². The third-order valence-electron chi connectivity index (χ3n) is 3.04. The van der Waals surface area contributed by atoms with Gasteiger partial charge in [0.25, 0.3) is 0 Å². The lowest BCUT2D eigenvalue weighted by Crippen LogP contribution is -2.47. The summed E-state index contributed by atoms with van der Waals surface area (Å²) >= 11 is 0. The second-order valence-electron chi connectivity index (χ2n) is 4.79. The molecule has 1 aliphatic heterocycles. The molecule has 4 heteroatoms. The van der Waals surface area contributed by atoms with Gasteiger partial charge in [0.1, 0.15) is 0 Å². The molecule has 1 aliphatic rings. The minimum absolute atomic E-state index is 0.326. The first-order chi connectivity index (χ1) is 7.11. The number of rotatable bonds is 4. The van der Waals surface area contributed by atoms with Crippen LogP contribution in [-0.2, 0) is 11.8 Å². The minimum Gasteiger partial charge on any atom is -0.380 e. The Labute approximate surface area is 90.6 Å². The number of aryl methyl sites for hydroxylation is 1. The van der Waals surface area contributed by atoms with E-state index in [2.05, 4.69) is 30.3 Å². The molecule has 1 fully saturated rings. The first-order valence-corrected chi connectivity index (χ1v) is 5.40. The molecule has 0 bridgehead atoms. The third-order valence-corrected chi connectivity index (χ3v) is 3.04. The molecule has 2 heterocycles. The average Bonchev–Trinajstić information content (AvgIpc) is 2.58. The van der Waals surface area contributed by atoms with Gasteiger partial charge >= 0.3 is 0 Å². The maximum Gasteiger partial charge on any atom is 0.0554 e. The molecule has 1 saturated heterocycles. The van der Waals surface area contributed by atoms with E-state index in [4.69, 9.17) is 4.74 Å². The first kappa shape index (κ1) is 10.6. The molecule has 0 radical (unpaired) electrons. The van der Waals surface area contributed by atoms with Gasteiger partial charge in [0.15, 0.2) is 0 Å². The molecule has 0 saturated carbocycles. The summed E-state index contributed by atoms with van der Waals surface area (Å²) in [7, 11) is 1.97. The molecular formula is C11H19N3O. The predicted octanol–water partition coefficient (Wildman–Crippen LogP) is 1.11. The van der Waals surface area contributed by atoms with Crippen LogP contribution in [0.25, 0.3) is 0 Å². The van der Waals surface area contributed by atoms with E-state index in [-0.39, 0.29) is 0 Å². The maximum atomic E-state index is 5.23. The zero-order valence-electron chi connectivity index (χ0n) is 9.66. The van der Waals surface area contributed by atoms with Crippen molar-refractivity contribution in [2.24, 2.45) is 12.5 Å². The van der Waals surface area contributed by atoms with Crippen molar-refractivity contribution >= 4 is 0 Å². The fraction of sp³-hybridized carbons (Fsp3) is 0.727. The summed E-state index contributed by atoms with van der Waals surface area (Å²) in [6.45, 7) is 7.16. The molecule has 0 aliphatic carbocycles. The lowest BCUT2D eigenvalue weighted by molar-refractivity contribution is -0.0999. The summed E-state index contributed by atoms with van der Waals surface area (Å²) < 4.78 is 7.14. The summed E-state index contributed by atoms with van der Waals surface area (Å²) in [6, 6.07) is 2.40. The number of hydrogen-bond acceptors (Lipinski definition) is 3. The number of hydrogen-bond donors (Lipinski definition) is 1. The molecule has 84 valence electrons. The van der Waals surface area contributed by atoms with Gasteiger partial charge in [-0.1, -0.05) is 6.92 Å². The van der Waals surface area contributed by atoms with Crippen molar-refractivity contribution in [2.75, 3.05) is 19.8 Å². The Morgan fingerprint density at radius 2 is 2.40 bits per heavy atom. The van der Waals surface area contributed by atoms with Crippen LogP contribution in [-0.4, -0.2) is 29.5 Å². The van der Waals surface area contributed by atoms with Crippen molar-refractivity contribution in [1.29, 1.82) is 0 Å². The van der Waals surface area contributed by atoms with E-state index >= 15 is 0 Å². The molecule has 0 amide bonds. The zero-order chi connectivity index (χ0) is 10.9. The van der Waals surface area contributed by atoms with Gasteiger partial charge in [-0.15, -0.1) is 0 Å². The van der Waals surface area contributed by atoms with E-state index in [0.29, 0.717) is 11.5 Å². The van der Waals surface area contributed by atoms with Gasteiger partial charge in [-0.2, -0.15) is 5.10 Å². The molecule has 1 unspecified atom stereocenters. The van der Waals surface area contributed by atoms with Crippen LogP contribution in [0.15, 0.2) is 12.3 Å². The highest BCUT2D eigenvalue weighted by Crippen LogP contribution is 2.26. The van der Waals surface area contributed by atoms with Crippen LogP contribution in [0.4, 0.5) is 0 Å². The lowest BCUT2D eigenvalue weighted by Gasteiger charge is -2.39. The maximum absolute atomic E-state index is 5.23. The van der Waals surface area contributed by atoms with Crippen LogP contribution in [0.5, 0.6) is 0 Å². The van der Waals surface area contributed by atoms with Gasteiger partial charge in [0, 0.05) is 31.2 Å². The number of nitrogens with one attached hydrogen (secondary N) is 1. The highest BCUT2D eigenvalue weighted by Gasteiger charge is 2.33. The van der Waals surface area contributed by atoms with Crippen molar-refractivity contribution in [3.63, 3.8) is 0 Å². The quantitative estimate of drug-likeness (QED) is 0.807. The average molecular weight is 209 g/mol. The Hall–Kier alpha value is -0.870.